The standard InChI is InChI=1S/C15H31N.C9H21N.C8H10ClN.C5H12.C4H8O/c1-4-6-14(8-7-13(3)5-2)15-9-11-16-12-10-15;1-3-5-6-8-9(10)7-4-2;1-5-3-6(2)8(10)7(9)4-5;1-3-5-4-2;1-3-4(2)5/h13-16H,4-12H2,1-3H3;9H,3-8,10H2,1-2H3;3-4H,10H2,1-2H3;3-5H2,1-2H3;3H2,1-2H3. The van der Waals surface area contributed by atoms with Crippen LogP contribution in [0, 0.1) is 31.6 Å². The monoisotopic (exact) mass is 668 g/mol. The minimum absolute atomic E-state index is 0.255. The number of ketones is 1. The van der Waals surface area contributed by atoms with E-state index in [1.807, 2.05) is 32.9 Å². The number of anilines is 1. The average molecular weight is 669 g/mol. The largest absolute Gasteiger partial charge is 0.397 e. The van der Waals surface area contributed by atoms with Crippen LogP contribution < -0.4 is 16.8 Å². The highest BCUT2D eigenvalue weighted by Crippen LogP contribution is 2.31. The van der Waals surface area contributed by atoms with Crippen molar-refractivity contribution < 1.29 is 4.79 Å². The van der Waals surface area contributed by atoms with Gasteiger partial charge in [0.25, 0.3) is 0 Å². The summed E-state index contributed by atoms with van der Waals surface area (Å²) in [5.74, 6) is 3.22. The summed E-state index contributed by atoms with van der Waals surface area (Å²) in [6, 6.07) is 4.35. The predicted molar refractivity (Wildman–Crippen MR) is 211 cm³/mol. The number of nitrogens with one attached hydrogen (secondary N) is 1. The molecule has 4 nitrogen and oxygen atoms in total. The number of hydrogen-bond donors (Lipinski definition) is 3. The number of piperidine rings is 1. The molecule has 1 aliphatic heterocycles. The van der Waals surface area contributed by atoms with Crippen molar-refractivity contribution >= 4 is 23.1 Å². The van der Waals surface area contributed by atoms with Gasteiger partial charge in [-0.2, -0.15) is 0 Å². The van der Waals surface area contributed by atoms with Gasteiger partial charge in [0, 0.05) is 12.5 Å². The second-order valence-corrected chi connectivity index (χ2v) is 14.1. The van der Waals surface area contributed by atoms with E-state index in [-0.39, 0.29) is 5.78 Å². The van der Waals surface area contributed by atoms with Crippen molar-refractivity contribution in [2.24, 2.45) is 23.5 Å². The van der Waals surface area contributed by atoms with Crippen LogP contribution in [-0.2, 0) is 4.79 Å². The molecule has 0 saturated carbocycles. The molecular formula is C41H82ClN3O. The number of unbranched alkanes of at least 4 members (excludes halogenated alkanes) is 4. The van der Waals surface area contributed by atoms with Crippen LogP contribution >= 0.6 is 11.6 Å². The Labute approximate surface area is 294 Å². The topological polar surface area (TPSA) is 81.1 Å². The molecule has 5 heteroatoms. The third-order valence-corrected chi connectivity index (χ3v) is 9.27. The molecule has 0 radical (unpaired) electrons. The maximum Gasteiger partial charge on any atom is 0.129 e. The summed E-state index contributed by atoms with van der Waals surface area (Å²) < 4.78 is 0. The Hall–Kier alpha value is -1.10. The zero-order valence-corrected chi connectivity index (χ0v) is 33.6. The van der Waals surface area contributed by atoms with E-state index < -0.39 is 0 Å². The number of benzene rings is 1. The predicted octanol–water partition coefficient (Wildman–Crippen LogP) is 12.6. The first-order valence-corrected chi connectivity index (χ1v) is 19.7. The molecule has 274 valence electrons. The molecule has 0 bridgehead atoms. The SMILES string of the molecule is CCC(C)=O.CCCC(CCC(C)CC)C1CCNCC1.CCCCC.CCCCCC(N)CCC.Cc1cc(C)c(N)c(Cl)c1. The quantitative estimate of drug-likeness (QED) is 0.121. The van der Waals surface area contributed by atoms with Crippen LogP contribution in [0.1, 0.15) is 183 Å². The molecule has 1 saturated heterocycles. The van der Waals surface area contributed by atoms with Crippen LogP contribution in [0.25, 0.3) is 0 Å². The maximum atomic E-state index is 9.81. The smallest absolute Gasteiger partial charge is 0.129 e. The lowest BCUT2D eigenvalue weighted by atomic mass is 9.78. The van der Waals surface area contributed by atoms with Gasteiger partial charge in [-0.1, -0.05) is 144 Å². The number of rotatable bonds is 16. The van der Waals surface area contributed by atoms with E-state index in [1.165, 1.54) is 116 Å². The summed E-state index contributed by atoms with van der Waals surface area (Å²) in [4.78, 5) is 9.81. The summed E-state index contributed by atoms with van der Waals surface area (Å²) in [7, 11) is 0. The third-order valence-electron chi connectivity index (χ3n) is 8.96. The Kier molecular flexibility index (Phi) is 37.7. The molecule has 0 aliphatic carbocycles. The van der Waals surface area contributed by atoms with Gasteiger partial charge in [-0.3, -0.25) is 0 Å². The molecule has 2 rings (SSSR count). The van der Waals surface area contributed by atoms with Gasteiger partial charge in [-0.25, -0.2) is 0 Å². The number of hydrogen-bond acceptors (Lipinski definition) is 4. The van der Waals surface area contributed by atoms with Crippen LogP contribution in [0.4, 0.5) is 5.69 Å². The molecule has 1 aromatic rings. The first-order valence-electron chi connectivity index (χ1n) is 19.4. The van der Waals surface area contributed by atoms with Crippen LogP contribution in [0.3, 0.4) is 0 Å². The highest BCUT2D eigenvalue weighted by atomic mass is 35.5. The molecule has 1 fully saturated rings. The molecule has 1 aliphatic rings. The number of halogens is 1. The van der Waals surface area contributed by atoms with Gasteiger partial charge in [-0.15, -0.1) is 0 Å². The van der Waals surface area contributed by atoms with Gasteiger partial charge in [0.2, 0.25) is 0 Å². The van der Waals surface area contributed by atoms with E-state index in [0.29, 0.717) is 23.2 Å². The molecule has 46 heavy (non-hydrogen) atoms. The lowest BCUT2D eigenvalue weighted by Crippen LogP contribution is -2.31. The fourth-order valence-electron chi connectivity index (χ4n) is 5.46. The highest BCUT2D eigenvalue weighted by molar-refractivity contribution is 6.33. The second-order valence-electron chi connectivity index (χ2n) is 13.7. The van der Waals surface area contributed by atoms with Crippen LogP contribution in [0.2, 0.25) is 5.02 Å². The normalized spacial score (nSPS) is 14.5. The van der Waals surface area contributed by atoms with Crippen LogP contribution in [-0.4, -0.2) is 24.9 Å². The number of nitrogens with two attached hydrogens (primary N) is 2. The molecule has 0 aromatic heterocycles. The number of aryl methyl sites for hydroxylation is 2. The summed E-state index contributed by atoms with van der Waals surface area (Å²) in [5.41, 5.74) is 14.3. The summed E-state index contributed by atoms with van der Waals surface area (Å²) in [5, 5.41) is 4.14. The Balaban J connectivity index is -0.000000540. The fourth-order valence-corrected chi connectivity index (χ4v) is 5.78. The minimum Gasteiger partial charge on any atom is -0.397 e. The first kappa shape index (κ1) is 49.3. The van der Waals surface area contributed by atoms with Crippen molar-refractivity contribution in [2.75, 3.05) is 18.8 Å². The number of carbonyl (C=O) groups excluding carboxylic acids is 1. The van der Waals surface area contributed by atoms with Gasteiger partial charge < -0.3 is 21.6 Å². The molecular weight excluding hydrogens is 586 g/mol. The minimum atomic E-state index is 0.255. The van der Waals surface area contributed by atoms with Gasteiger partial charge in [0.15, 0.2) is 0 Å². The van der Waals surface area contributed by atoms with Crippen LogP contribution in [0.5, 0.6) is 0 Å². The van der Waals surface area contributed by atoms with E-state index >= 15 is 0 Å². The number of nitrogen functional groups attached to an aromatic ring is 1. The van der Waals surface area contributed by atoms with E-state index in [9.17, 15) is 4.79 Å². The second kappa shape index (κ2) is 35.2. The Morgan fingerprint density at radius 3 is 1.78 bits per heavy atom. The first-order chi connectivity index (χ1) is 21.9. The van der Waals surface area contributed by atoms with E-state index in [4.69, 9.17) is 23.1 Å². The van der Waals surface area contributed by atoms with Crippen molar-refractivity contribution in [1.29, 1.82) is 0 Å². The maximum absolute atomic E-state index is 9.81. The number of Topliss-reactive ketones (excluding diaryl/α,β-unsaturated/α-hetero) is 1. The molecule has 3 unspecified atom stereocenters. The van der Waals surface area contributed by atoms with E-state index in [2.05, 4.69) is 53.8 Å². The lowest BCUT2D eigenvalue weighted by molar-refractivity contribution is -0.116. The van der Waals surface area contributed by atoms with Gasteiger partial charge in [-0.05, 0) is 101 Å². The van der Waals surface area contributed by atoms with Crippen molar-refractivity contribution in [1.82, 2.24) is 5.32 Å². The average Bonchev–Trinajstić information content (AvgIpc) is 3.04. The zero-order valence-electron chi connectivity index (χ0n) is 32.8. The Morgan fingerprint density at radius 1 is 0.826 bits per heavy atom. The molecule has 3 atom stereocenters. The Morgan fingerprint density at radius 2 is 1.37 bits per heavy atom. The van der Waals surface area contributed by atoms with Crippen molar-refractivity contribution in [3.63, 3.8) is 0 Å². The van der Waals surface area contributed by atoms with Gasteiger partial charge in [0.1, 0.15) is 5.78 Å². The van der Waals surface area contributed by atoms with E-state index in [0.717, 1.165) is 28.9 Å². The summed E-state index contributed by atoms with van der Waals surface area (Å²) in [6.07, 6.45) is 22.3. The summed E-state index contributed by atoms with van der Waals surface area (Å²) in [6.45, 7) is 25.8. The Bertz CT molecular complexity index is 769. The zero-order chi connectivity index (χ0) is 35.8. The molecule has 1 heterocycles. The van der Waals surface area contributed by atoms with Crippen molar-refractivity contribution in [2.45, 2.75) is 191 Å². The van der Waals surface area contributed by atoms with E-state index in [1.54, 1.807) is 6.92 Å². The molecule has 0 spiro atoms. The third kappa shape index (κ3) is 31.5. The lowest BCUT2D eigenvalue weighted by Gasteiger charge is -2.31. The van der Waals surface area contributed by atoms with Crippen molar-refractivity contribution in [3.8, 4) is 0 Å². The fraction of sp³-hybridized carbons (Fsp3) is 0.829. The van der Waals surface area contributed by atoms with Gasteiger partial charge >= 0.3 is 0 Å². The molecule has 1 aromatic carbocycles. The molecule has 5 N–H and O–H groups in total. The number of carbonyl (C=O) groups is 1. The highest BCUT2D eigenvalue weighted by Gasteiger charge is 2.22. The van der Waals surface area contributed by atoms with Crippen LogP contribution in [0.15, 0.2) is 12.1 Å². The van der Waals surface area contributed by atoms with Gasteiger partial charge in [0.05, 0.1) is 10.7 Å². The molecule has 0 amide bonds. The van der Waals surface area contributed by atoms with Crippen molar-refractivity contribution in [3.05, 3.63) is 28.3 Å². The summed E-state index contributed by atoms with van der Waals surface area (Å²) >= 11 is 5.79.